The van der Waals surface area contributed by atoms with Crippen LogP contribution in [0.4, 0.5) is 0 Å². The summed E-state index contributed by atoms with van der Waals surface area (Å²) in [5.74, 6) is -0.289. The average Bonchev–Trinajstić information content (AvgIpc) is 2.93. The molecular formula is C15H11NO4. The van der Waals surface area contributed by atoms with Crippen LogP contribution in [0.3, 0.4) is 0 Å². The molecule has 1 aromatic heterocycles. The first-order chi connectivity index (χ1) is 9.72. The summed E-state index contributed by atoms with van der Waals surface area (Å²) in [4.78, 5) is 14.9. The molecule has 0 saturated carbocycles. The van der Waals surface area contributed by atoms with Gasteiger partial charge in [0.25, 0.3) is 0 Å². The molecule has 5 nitrogen and oxygen atoms in total. The first-order valence-corrected chi connectivity index (χ1v) is 6.01. The summed E-state index contributed by atoms with van der Waals surface area (Å²) in [5.41, 5.74) is 2.47. The molecule has 0 radical (unpaired) electrons. The Kier molecular flexibility index (Phi) is 3.09. The number of benzene rings is 2. The molecule has 0 aliphatic rings. The van der Waals surface area contributed by atoms with Crippen LogP contribution in [0.5, 0.6) is 5.75 Å². The Morgan fingerprint density at radius 1 is 1.25 bits per heavy atom. The number of aromatic carboxylic acids is 1. The summed E-state index contributed by atoms with van der Waals surface area (Å²) in [7, 11) is 0. The summed E-state index contributed by atoms with van der Waals surface area (Å²) < 4.78 is 10.8. The molecular weight excluding hydrogens is 258 g/mol. The van der Waals surface area contributed by atoms with Crippen LogP contribution in [0.2, 0.25) is 0 Å². The van der Waals surface area contributed by atoms with Crippen molar-refractivity contribution in [2.45, 2.75) is 6.61 Å². The van der Waals surface area contributed by atoms with E-state index >= 15 is 0 Å². The van der Waals surface area contributed by atoms with Gasteiger partial charge in [-0.3, -0.25) is 0 Å². The first-order valence-electron chi connectivity index (χ1n) is 6.01. The fourth-order valence-electron chi connectivity index (χ4n) is 1.89. The van der Waals surface area contributed by atoms with Gasteiger partial charge in [-0.15, -0.1) is 0 Å². The van der Waals surface area contributed by atoms with E-state index in [0.29, 0.717) is 17.9 Å². The van der Waals surface area contributed by atoms with Crippen LogP contribution in [-0.2, 0) is 6.61 Å². The lowest BCUT2D eigenvalue weighted by Crippen LogP contribution is -2.00. The van der Waals surface area contributed by atoms with E-state index in [1.807, 2.05) is 6.07 Å². The van der Waals surface area contributed by atoms with Crippen molar-refractivity contribution in [1.29, 1.82) is 0 Å². The minimum absolute atomic E-state index is 0.248. The first kappa shape index (κ1) is 12.2. The molecule has 0 aliphatic heterocycles. The number of oxazole rings is 1. The topological polar surface area (TPSA) is 72.6 Å². The average molecular weight is 269 g/mol. The third-order valence-electron chi connectivity index (χ3n) is 2.88. The highest BCUT2D eigenvalue weighted by molar-refractivity contribution is 5.87. The number of nitrogens with zero attached hydrogens (tertiary/aromatic N) is 1. The van der Waals surface area contributed by atoms with E-state index in [0.717, 1.165) is 11.1 Å². The monoisotopic (exact) mass is 269 g/mol. The quantitative estimate of drug-likeness (QED) is 0.787. The minimum atomic E-state index is -0.948. The van der Waals surface area contributed by atoms with Crippen molar-refractivity contribution in [3.05, 3.63) is 60.0 Å². The predicted octanol–water partition coefficient (Wildman–Crippen LogP) is 3.11. The highest BCUT2D eigenvalue weighted by Crippen LogP contribution is 2.20. The van der Waals surface area contributed by atoms with E-state index in [9.17, 15) is 4.79 Å². The van der Waals surface area contributed by atoms with Gasteiger partial charge in [-0.2, -0.15) is 0 Å². The molecule has 5 heteroatoms. The van der Waals surface area contributed by atoms with Gasteiger partial charge in [0, 0.05) is 6.07 Å². The predicted molar refractivity (Wildman–Crippen MR) is 71.7 cm³/mol. The Morgan fingerprint density at radius 2 is 2.15 bits per heavy atom. The zero-order chi connectivity index (χ0) is 13.9. The zero-order valence-corrected chi connectivity index (χ0v) is 10.4. The molecule has 0 unspecified atom stereocenters. The molecule has 3 aromatic rings. The Morgan fingerprint density at radius 3 is 3.00 bits per heavy atom. The molecule has 1 heterocycles. The van der Waals surface area contributed by atoms with Crippen LogP contribution >= 0.6 is 0 Å². The highest BCUT2D eigenvalue weighted by Gasteiger charge is 2.05. The fourth-order valence-corrected chi connectivity index (χ4v) is 1.89. The van der Waals surface area contributed by atoms with Crippen LogP contribution in [0.1, 0.15) is 15.9 Å². The Hall–Kier alpha value is -2.82. The second-order valence-electron chi connectivity index (χ2n) is 4.28. The van der Waals surface area contributed by atoms with E-state index in [1.54, 1.807) is 36.4 Å². The van der Waals surface area contributed by atoms with Gasteiger partial charge >= 0.3 is 5.97 Å². The third-order valence-corrected chi connectivity index (χ3v) is 2.88. The molecule has 20 heavy (non-hydrogen) atoms. The molecule has 0 aliphatic carbocycles. The molecule has 0 fully saturated rings. The SMILES string of the molecule is O=C(O)c1cccc(COc2ccc3ocnc3c2)c1. The molecule has 2 aromatic carbocycles. The number of carbonyl (C=O) groups is 1. The van der Waals surface area contributed by atoms with Crippen molar-refractivity contribution in [2.75, 3.05) is 0 Å². The van der Waals surface area contributed by atoms with Gasteiger partial charge < -0.3 is 14.3 Å². The van der Waals surface area contributed by atoms with Crippen molar-refractivity contribution in [3.8, 4) is 5.75 Å². The zero-order valence-electron chi connectivity index (χ0n) is 10.4. The fraction of sp³-hybridized carbons (Fsp3) is 0.0667. The van der Waals surface area contributed by atoms with E-state index in [-0.39, 0.29) is 5.56 Å². The maximum absolute atomic E-state index is 10.9. The normalized spacial score (nSPS) is 10.6. The van der Waals surface area contributed by atoms with Gasteiger partial charge in [0.1, 0.15) is 17.9 Å². The van der Waals surface area contributed by atoms with Crippen molar-refractivity contribution in [3.63, 3.8) is 0 Å². The van der Waals surface area contributed by atoms with Gasteiger partial charge in [0.15, 0.2) is 12.0 Å². The summed E-state index contributed by atoms with van der Waals surface area (Å²) >= 11 is 0. The smallest absolute Gasteiger partial charge is 0.335 e. The molecule has 0 bridgehead atoms. The largest absolute Gasteiger partial charge is 0.489 e. The summed E-state index contributed by atoms with van der Waals surface area (Å²) in [5, 5.41) is 8.93. The van der Waals surface area contributed by atoms with Gasteiger partial charge in [-0.25, -0.2) is 9.78 Å². The standard InChI is InChI=1S/C15H11NO4/c17-15(18)11-3-1-2-10(6-11)8-19-12-4-5-14-13(7-12)16-9-20-14/h1-7,9H,8H2,(H,17,18). The van der Waals surface area contributed by atoms with Crippen LogP contribution in [0.25, 0.3) is 11.1 Å². The molecule has 0 atom stereocenters. The van der Waals surface area contributed by atoms with Gasteiger partial charge in [0.05, 0.1) is 5.56 Å². The molecule has 0 amide bonds. The Balaban J connectivity index is 1.75. The number of hydrogen-bond acceptors (Lipinski definition) is 4. The maximum atomic E-state index is 10.9. The maximum Gasteiger partial charge on any atom is 0.335 e. The molecule has 1 N–H and O–H groups in total. The van der Waals surface area contributed by atoms with Crippen molar-refractivity contribution < 1.29 is 19.1 Å². The Labute approximate surface area is 114 Å². The second-order valence-corrected chi connectivity index (χ2v) is 4.28. The van der Waals surface area contributed by atoms with Crippen molar-refractivity contribution in [2.24, 2.45) is 0 Å². The summed E-state index contributed by atoms with van der Waals surface area (Å²) in [6, 6.07) is 12.0. The van der Waals surface area contributed by atoms with E-state index in [2.05, 4.69) is 4.98 Å². The van der Waals surface area contributed by atoms with Gasteiger partial charge in [-0.1, -0.05) is 12.1 Å². The molecule has 0 spiro atoms. The van der Waals surface area contributed by atoms with E-state index < -0.39 is 5.97 Å². The summed E-state index contributed by atoms with van der Waals surface area (Å²) in [6.07, 6.45) is 1.38. The minimum Gasteiger partial charge on any atom is -0.489 e. The summed E-state index contributed by atoms with van der Waals surface area (Å²) in [6.45, 7) is 0.296. The lowest BCUT2D eigenvalue weighted by molar-refractivity contribution is 0.0696. The van der Waals surface area contributed by atoms with Crippen molar-refractivity contribution in [1.82, 2.24) is 4.98 Å². The van der Waals surface area contributed by atoms with Gasteiger partial charge in [-0.05, 0) is 29.8 Å². The number of aromatic nitrogens is 1. The lowest BCUT2D eigenvalue weighted by atomic mass is 10.1. The van der Waals surface area contributed by atoms with Crippen LogP contribution < -0.4 is 4.74 Å². The second kappa shape index (κ2) is 5.05. The van der Waals surface area contributed by atoms with E-state index in [4.69, 9.17) is 14.3 Å². The van der Waals surface area contributed by atoms with Crippen molar-refractivity contribution >= 4 is 17.1 Å². The molecule has 0 saturated heterocycles. The number of ether oxygens (including phenoxy) is 1. The third kappa shape index (κ3) is 2.47. The van der Waals surface area contributed by atoms with E-state index in [1.165, 1.54) is 6.39 Å². The molecule has 100 valence electrons. The molecule has 3 rings (SSSR count). The van der Waals surface area contributed by atoms with Gasteiger partial charge in [0.2, 0.25) is 0 Å². The van der Waals surface area contributed by atoms with Crippen LogP contribution in [0.15, 0.2) is 53.3 Å². The number of carboxylic acid groups (broad SMARTS) is 1. The number of rotatable bonds is 4. The lowest BCUT2D eigenvalue weighted by Gasteiger charge is -2.06. The van der Waals surface area contributed by atoms with Crippen LogP contribution in [0, 0.1) is 0 Å². The number of carboxylic acids is 1. The highest BCUT2D eigenvalue weighted by atomic mass is 16.5. The Bertz CT molecular complexity index is 763. The number of fused-ring (bicyclic) bond motifs is 1. The number of hydrogen-bond donors (Lipinski definition) is 1. The van der Waals surface area contributed by atoms with Crippen LogP contribution in [-0.4, -0.2) is 16.1 Å².